The van der Waals surface area contributed by atoms with Crippen molar-refractivity contribution < 1.29 is 9.47 Å². The molecule has 3 rings (SSSR count). The van der Waals surface area contributed by atoms with Crippen LogP contribution in [-0.4, -0.2) is 48.4 Å². The van der Waals surface area contributed by atoms with Crippen LogP contribution >= 0.6 is 0 Å². The normalized spacial score (nSPS) is 16.6. The molecular formula is C23H35N5O2. The first-order valence-corrected chi connectivity index (χ1v) is 10.9. The van der Waals surface area contributed by atoms with E-state index in [0.717, 1.165) is 68.5 Å². The first-order chi connectivity index (χ1) is 14.7. The van der Waals surface area contributed by atoms with Gasteiger partial charge in [0, 0.05) is 51.2 Å². The van der Waals surface area contributed by atoms with Crippen molar-refractivity contribution in [3.63, 3.8) is 0 Å². The summed E-state index contributed by atoms with van der Waals surface area (Å²) in [5, 5.41) is 6.79. The highest BCUT2D eigenvalue weighted by atomic mass is 16.5. The quantitative estimate of drug-likeness (QED) is 0.356. The molecule has 1 aliphatic heterocycles. The number of aromatic nitrogens is 2. The molecule has 164 valence electrons. The van der Waals surface area contributed by atoms with Gasteiger partial charge in [-0.2, -0.15) is 0 Å². The zero-order valence-corrected chi connectivity index (χ0v) is 18.5. The first kappa shape index (κ1) is 22.2. The maximum absolute atomic E-state index is 6.09. The molecule has 1 unspecified atom stereocenters. The number of rotatable bonds is 10. The van der Waals surface area contributed by atoms with E-state index < -0.39 is 0 Å². The summed E-state index contributed by atoms with van der Waals surface area (Å²) in [5.41, 5.74) is 2.31. The van der Waals surface area contributed by atoms with Crippen LogP contribution < -0.4 is 15.4 Å². The third-order valence-corrected chi connectivity index (χ3v) is 5.38. The summed E-state index contributed by atoms with van der Waals surface area (Å²) in [4.78, 5) is 8.60. The number of hydrogen-bond donors (Lipinski definition) is 2. The van der Waals surface area contributed by atoms with Crippen LogP contribution in [0.25, 0.3) is 0 Å². The van der Waals surface area contributed by atoms with Gasteiger partial charge in [0.15, 0.2) is 5.96 Å². The van der Waals surface area contributed by atoms with Gasteiger partial charge in [0.2, 0.25) is 0 Å². The van der Waals surface area contributed by atoms with Crippen molar-refractivity contribution in [1.82, 2.24) is 20.2 Å². The largest absolute Gasteiger partial charge is 0.491 e. The lowest BCUT2D eigenvalue weighted by atomic mass is 10.1. The number of aliphatic imine (C=N–C) groups is 1. The third kappa shape index (κ3) is 6.76. The smallest absolute Gasteiger partial charge is 0.191 e. The lowest BCUT2D eigenvalue weighted by Gasteiger charge is -2.17. The summed E-state index contributed by atoms with van der Waals surface area (Å²) < 4.78 is 14.0. The molecule has 0 spiro atoms. The minimum atomic E-state index is 0.215. The number of aryl methyl sites for hydroxylation is 3. The molecule has 1 atom stereocenters. The number of nitrogens with one attached hydrogen (secondary N) is 2. The Bertz CT molecular complexity index is 812. The van der Waals surface area contributed by atoms with E-state index in [1.54, 1.807) is 7.05 Å². The molecule has 0 aliphatic carbocycles. The summed E-state index contributed by atoms with van der Waals surface area (Å²) in [7, 11) is 1.80. The van der Waals surface area contributed by atoms with Crippen LogP contribution in [0.5, 0.6) is 5.75 Å². The van der Waals surface area contributed by atoms with Gasteiger partial charge in [-0.25, -0.2) is 4.98 Å². The Labute approximate surface area is 179 Å². The van der Waals surface area contributed by atoms with Crippen LogP contribution in [0.2, 0.25) is 0 Å². The average Bonchev–Trinajstić information content (AvgIpc) is 3.41. The summed E-state index contributed by atoms with van der Waals surface area (Å²) in [5.74, 6) is 2.79. The Morgan fingerprint density at radius 3 is 2.93 bits per heavy atom. The summed E-state index contributed by atoms with van der Waals surface area (Å²) >= 11 is 0. The maximum Gasteiger partial charge on any atom is 0.191 e. The lowest BCUT2D eigenvalue weighted by molar-refractivity contribution is 0.0676. The van der Waals surface area contributed by atoms with Crippen LogP contribution in [0.3, 0.4) is 0 Å². The fourth-order valence-electron chi connectivity index (χ4n) is 3.55. The fourth-order valence-corrected chi connectivity index (χ4v) is 3.55. The second-order valence-electron chi connectivity index (χ2n) is 7.78. The Kier molecular flexibility index (Phi) is 8.56. The Morgan fingerprint density at radius 1 is 1.30 bits per heavy atom. The highest BCUT2D eigenvalue weighted by molar-refractivity contribution is 5.79. The summed E-state index contributed by atoms with van der Waals surface area (Å²) in [6.45, 7) is 8.11. The predicted molar refractivity (Wildman–Crippen MR) is 120 cm³/mol. The molecular weight excluding hydrogens is 378 g/mol. The molecule has 0 amide bonds. The van der Waals surface area contributed by atoms with E-state index in [4.69, 9.17) is 9.47 Å². The number of nitrogens with zero attached hydrogens (tertiary/aromatic N) is 3. The molecule has 30 heavy (non-hydrogen) atoms. The van der Waals surface area contributed by atoms with Crippen molar-refractivity contribution in [3.8, 4) is 5.75 Å². The Morgan fingerprint density at radius 2 is 2.20 bits per heavy atom. The van der Waals surface area contributed by atoms with Gasteiger partial charge in [0.1, 0.15) is 18.2 Å². The fraction of sp³-hybridized carbons (Fsp3) is 0.565. The van der Waals surface area contributed by atoms with E-state index in [1.165, 1.54) is 5.56 Å². The topological polar surface area (TPSA) is 72.7 Å². The highest BCUT2D eigenvalue weighted by Crippen LogP contribution is 2.22. The van der Waals surface area contributed by atoms with Gasteiger partial charge < -0.3 is 24.7 Å². The van der Waals surface area contributed by atoms with Gasteiger partial charge >= 0.3 is 0 Å². The highest BCUT2D eigenvalue weighted by Gasteiger charge is 2.17. The van der Waals surface area contributed by atoms with E-state index in [1.807, 2.05) is 19.3 Å². The van der Waals surface area contributed by atoms with Crippen LogP contribution in [0, 0.1) is 13.8 Å². The molecule has 2 N–H and O–H groups in total. The molecule has 7 nitrogen and oxygen atoms in total. The van der Waals surface area contributed by atoms with Gasteiger partial charge in [0.05, 0.1) is 6.10 Å². The third-order valence-electron chi connectivity index (χ3n) is 5.38. The second kappa shape index (κ2) is 11.6. The van der Waals surface area contributed by atoms with Gasteiger partial charge in [-0.1, -0.05) is 12.1 Å². The number of ether oxygens (including phenoxy) is 2. The monoisotopic (exact) mass is 413 g/mol. The zero-order valence-electron chi connectivity index (χ0n) is 18.5. The molecule has 1 aromatic carbocycles. The van der Waals surface area contributed by atoms with Crippen LogP contribution in [-0.2, 0) is 17.8 Å². The minimum absolute atomic E-state index is 0.215. The number of unbranched alkanes of at least 4 members (excludes halogenated alkanes) is 1. The van der Waals surface area contributed by atoms with E-state index >= 15 is 0 Å². The van der Waals surface area contributed by atoms with Crippen molar-refractivity contribution in [2.45, 2.75) is 58.7 Å². The molecule has 0 saturated carbocycles. The lowest BCUT2D eigenvalue weighted by Crippen LogP contribution is -2.37. The van der Waals surface area contributed by atoms with E-state index in [9.17, 15) is 0 Å². The molecule has 1 fully saturated rings. The number of benzene rings is 1. The molecule has 0 radical (unpaired) electrons. The molecule has 1 saturated heterocycles. The number of imidazole rings is 1. The maximum atomic E-state index is 6.09. The zero-order chi connectivity index (χ0) is 21.2. The first-order valence-electron chi connectivity index (χ1n) is 10.9. The SMILES string of the molecule is CN=C(NCCCCn1ccnc1C)NCc1ccc(C)cc1OCC1CCCO1. The molecule has 7 heteroatoms. The second-order valence-corrected chi connectivity index (χ2v) is 7.78. The number of hydrogen-bond acceptors (Lipinski definition) is 4. The van der Waals surface area contributed by atoms with Gasteiger partial charge in [-0.15, -0.1) is 0 Å². The molecule has 0 bridgehead atoms. The Hall–Kier alpha value is -2.54. The molecule has 2 aromatic rings. The average molecular weight is 414 g/mol. The molecule has 1 aromatic heterocycles. The predicted octanol–water partition coefficient (Wildman–Crippen LogP) is 3.20. The molecule has 2 heterocycles. The summed E-state index contributed by atoms with van der Waals surface area (Å²) in [6.07, 6.45) is 8.47. The van der Waals surface area contributed by atoms with E-state index in [2.05, 4.69) is 50.3 Å². The van der Waals surface area contributed by atoms with Gasteiger partial charge in [0.25, 0.3) is 0 Å². The Balaban J connectivity index is 1.41. The van der Waals surface area contributed by atoms with Crippen LogP contribution in [0.15, 0.2) is 35.6 Å². The van der Waals surface area contributed by atoms with Gasteiger partial charge in [-0.05, 0) is 51.2 Å². The standard InChI is InChI=1S/C23H35N5O2/c1-18-8-9-20(22(15-18)30-17-21-7-6-14-29-21)16-27-23(24-3)26-10-4-5-12-28-13-11-25-19(28)2/h8-9,11,13,15,21H,4-7,10,12,14,16-17H2,1-3H3,(H2,24,26,27). The van der Waals surface area contributed by atoms with Crippen molar-refractivity contribution in [1.29, 1.82) is 0 Å². The minimum Gasteiger partial charge on any atom is -0.491 e. The van der Waals surface area contributed by atoms with Gasteiger partial charge in [-0.3, -0.25) is 4.99 Å². The van der Waals surface area contributed by atoms with Crippen molar-refractivity contribution in [2.24, 2.45) is 4.99 Å². The van der Waals surface area contributed by atoms with E-state index in [0.29, 0.717) is 13.2 Å². The van der Waals surface area contributed by atoms with Crippen LogP contribution in [0.1, 0.15) is 42.6 Å². The van der Waals surface area contributed by atoms with Crippen molar-refractivity contribution in [2.75, 3.05) is 26.8 Å². The van der Waals surface area contributed by atoms with Crippen molar-refractivity contribution in [3.05, 3.63) is 47.5 Å². The summed E-state index contributed by atoms with van der Waals surface area (Å²) in [6, 6.07) is 6.33. The van der Waals surface area contributed by atoms with Crippen molar-refractivity contribution >= 4 is 5.96 Å². The molecule has 1 aliphatic rings. The van der Waals surface area contributed by atoms with Crippen LogP contribution in [0.4, 0.5) is 0 Å². The number of guanidine groups is 1. The van der Waals surface area contributed by atoms with E-state index in [-0.39, 0.29) is 6.10 Å².